The fourth-order valence-electron chi connectivity index (χ4n) is 4.61. The molecule has 0 saturated carbocycles. The van der Waals surface area contributed by atoms with Crippen molar-refractivity contribution in [2.24, 2.45) is 7.05 Å². The minimum Gasteiger partial charge on any atom is -0.402 e. The molecule has 6 nitrogen and oxygen atoms in total. The average molecular weight is 474 g/mol. The molecule has 1 aliphatic rings. The van der Waals surface area contributed by atoms with E-state index in [4.69, 9.17) is 4.42 Å². The zero-order valence-electron chi connectivity index (χ0n) is 19.0. The van der Waals surface area contributed by atoms with E-state index in [1.54, 1.807) is 61.5 Å². The van der Waals surface area contributed by atoms with Gasteiger partial charge in [-0.15, -0.1) is 0 Å². The first kappa shape index (κ1) is 22.3. The molecule has 2 atom stereocenters. The third kappa shape index (κ3) is 3.67. The summed E-state index contributed by atoms with van der Waals surface area (Å²) < 4.78 is 37.0. The maximum Gasteiger partial charge on any atom is 0.380 e. The summed E-state index contributed by atoms with van der Waals surface area (Å²) in [5.74, 6) is 0.148. The highest BCUT2D eigenvalue weighted by Crippen LogP contribution is 2.39. The second kappa shape index (κ2) is 8.66. The Morgan fingerprint density at radius 1 is 0.912 bits per heavy atom. The molecule has 0 radical (unpaired) electrons. The van der Waals surface area contributed by atoms with Gasteiger partial charge < -0.3 is 4.42 Å². The van der Waals surface area contributed by atoms with Gasteiger partial charge in [-0.05, 0) is 31.2 Å². The molecule has 1 aromatic heterocycles. The van der Waals surface area contributed by atoms with Crippen LogP contribution in [0.15, 0.2) is 100 Å². The monoisotopic (exact) mass is 473 g/mol. The van der Waals surface area contributed by atoms with Crippen LogP contribution in [-0.2, 0) is 23.6 Å². The number of aromatic nitrogens is 1. The number of carbonyl (C=O) groups excluding carboxylic acids is 1. The van der Waals surface area contributed by atoms with Crippen LogP contribution in [0.2, 0.25) is 0 Å². The first-order valence-electron chi connectivity index (χ1n) is 11.1. The second-order valence-electron chi connectivity index (χ2n) is 8.46. The molecule has 1 aliphatic heterocycles. The highest BCUT2D eigenvalue weighted by molar-refractivity contribution is 7.89. The summed E-state index contributed by atoms with van der Waals surface area (Å²) in [6.45, 7) is 1.89. The first-order chi connectivity index (χ1) is 16.4. The third-order valence-corrected chi connectivity index (χ3v) is 8.38. The molecular formula is C27H25N2O4S+. The molecule has 0 spiro atoms. The van der Waals surface area contributed by atoms with Crippen molar-refractivity contribution in [2.45, 2.75) is 30.3 Å². The van der Waals surface area contributed by atoms with Crippen molar-refractivity contribution in [2.75, 3.05) is 0 Å². The van der Waals surface area contributed by atoms with E-state index in [-0.39, 0.29) is 17.2 Å². The molecule has 0 bridgehead atoms. The van der Waals surface area contributed by atoms with E-state index in [2.05, 4.69) is 0 Å². The summed E-state index contributed by atoms with van der Waals surface area (Å²) in [4.78, 5) is 13.9. The number of hydrogen-bond donors (Lipinski definition) is 0. The zero-order chi connectivity index (χ0) is 23.9. The summed E-state index contributed by atoms with van der Waals surface area (Å²) in [5.41, 5.74) is 2.05. The van der Waals surface area contributed by atoms with E-state index in [0.29, 0.717) is 22.9 Å². The standard InChI is InChI=1S/C27H25N2O4S/c1-19-24(25(30)20-12-6-3-7-13-20)26-23(28(2)27(33-26)21-14-8-4-9-15-21)18-29(19)34(31,32)22-16-10-5-11-17-22/h3-17,19,24H,18H2,1-2H3/q+1/t19-,24+/m0/s1. The summed E-state index contributed by atoms with van der Waals surface area (Å²) in [6.07, 6.45) is 0. The predicted molar refractivity (Wildman–Crippen MR) is 127 cm³/mol. The van der Waals surface area contributed by atoms with Crippen molar-refractivity contribution < 1.29 is 22.2 Å². The normalized spacial score (nSPS) is 18.4. The molecule has 0 fully saturated rings. The van der Waals surface area contributed by atoms with Crippen LogP contribution in [-0.4, -0.2) is 24.5 Å². The topological polar surface area (TPSA) is 71.5 Å². The number of sulfonamides is 1. The quantitative estimate of drug-likeness (QED) is 0.320. The van der Waals surface area contributed by atoms with Crippen LogP contribution in [0.4, 0.5) is 0 Å². The maximum atomic E-state index is 13.7. The smallest absolute Gasteiger partial charge is 0.380 e. The molecule has 0 amide bonds. The minimum atomic E-state index is -3.85. The Kier molecular flexibility index (Phi) is 5.67. The molecule has 3 aromatic carbocycles. The van der Waals surface area contributed by atoms with E-state index >= 15 is 0 Å². The van der Waals surface area contributed by atoms with Gasteiger partial charge in [-0.3, -0.25) is 4.79 Å². The van der Waals surface area contributed by atoms with Gasteiger partial charge >= 0.3 is 5.89 Å². The molecule has 172 valence electrons. The van der Waals surface area contributed by atoms with Crippen LogP contribution >= 0.6 is 0 Å². The van der Waals surface area contributed by atoms with Gasteiger partial charge in [-0.25, -0.2) is 8.42 Å². The van der Waals surface area contributed by atoms with E-state index in [9.17, 15) is 13.2 Å². The summed E-state index contributed by atoms with van der Waals surface area (Å²) in [7, 11) is -2.00. The molecule has 7 heteroatoms. The summed E-state index contributed by atoms with van der Waals surface area (Å²) in [6, 6.07) is 26.3. The SMILES string of the molecule is C[C@H]1[C@H](C(=O)c2ccccc2)c2oc(-c3ccccc3)[n+](C)c2CN1S(=O)(=O)c1ccccc1. The van der Waals surface area contributed by atoms with Gasteiger partial charge in [0.2, 0.25) is 15.7 Å². The number of ketones is 1. The fourth-order valence-corrected chi connectivity index (χ4v) is 6.23. The van der Waals surface area contributed by atoms with E-state index in [0.717, 1.165) is 5.56 Å². The molecule has 4 aromatic rings. The van der Waals surface area contributed by atoms with Crippen LogP contribution < -0.4 is 4.57 Å². The largest absolute Gasteiger partial charge is 0.402 e. The maximum absolute atomic E-state index is 13.7. The van der Waals surface area contributed by atoms with E-state index in [1.807, 2.05) is 48.0 Å². The Morgan fingerprint density at radius 2 is 1.47 bits per heavy atom. The number of fused-ring (bicyclic) bond motifs is 1. The average Bonchev–Trinajstić information content (AvgIpc) is 3.20. The number of carbonyl (C=O) groups is 1. The second-order valence-corrected chi connectivity index (χ2v) is 10.3. The highest BCUT2D eigenvalue weighted by atomic mass is 32.2. The number of nitrogens with zero attached hydrogens (tertiary/aromatic N) is 2. The number of hydrogen-bond acceptors (Lipinski definition) is 4. The number of Topliss-reactive ketones (excluding diaryl/α,β-unsaturated/α-hetero) is 1. The van der Waals surface area contributed by atoms with Crippen molar-refractivity contribution in [1.82, 2.24) is 4.31 Å². The van der Waals surface area contributed by atoms with Gasteiger partial charge in [-0.2, -0.15) is 8.87 Å². The molecule has 5 rings (SSSR count). The summed E-state index contributed by atoms with van der Waals surface area (Å²) in [5, 5.41) is 0. The minimum absolute atomic E-state index is 0.110. The highest BCUT2D eigenvalue weighted by Gasteiger charge is 2.49. The molecule has 0 aliphatic carbocycles. The Labute approximate surface area is 199 Å². The molecule has 0 saturated heterocycles. The van der Waals surface area contributed by atoms with Gasteiger partial charge in [0.15, 0.2) is 11.5 Å². The van der Waals surface area contributed by atoms with Crippen LogP contribution in [0.1, 0.15) is 34.7 Å². The lowest BCUT2D eigenvalue weighted by molar-refractivity contribution is -0.671. The van der Waals surface area contributed by atoms with Crippen molar-refractivity contribution in [3.63, 3.8) is 0 Å². The van der Waals surface area contributed by atoms with Gasteiger partial charge in [0, 0.05) is 11.6 Å². The third-order valence-electron chi connectivity index (χ3n) is 6.44. The van der Waals surface area contributed by atoms with Crippen LogP contribution in [0.3, 0.4) is 0 Å². The zero-order valence-corrected chi connectivity index (χ0v) is 19.8. The fraction of sp³-hybridized carbons (Fsp3) is 0.185. The van der Waals surface area contributed by atoms with Crippen LogP contribution in [0.5, 0.6) is 0 Å². The Bertz CT molecular complexity index is 1430. The number of rotatable bonds is 5. The van der Waals surface area contributed by atoms with E-state index < -0.39 is 22.0 Å². The lowest BCUT2D eigenvalue weighted by atomic mass is 9.86. The van der Waals surface area contributed by atoms with Crippen molar-refractivity contribution in [3.05, 3.63) is 108 Å². The van der Waals surface area contributed by atoms with Gasteiger partial charge in [0.05, 0.1) is 10.5 Å². The molecule has 0 N–H and O–H groups in total. The van der Waals surface area contributed by atoms with Gasteiger partial charge in [0.25, 0.3) is 0 Å². The van der Waals surface area contributed by atoms with Crippen molar-refractivity contribution in [1.29, 1.82) is 0 Å². The molecule has 2 heterocycles. The molecule has 0 unspecified atom stereocenters. The Balaban J connectivity index is 1.68. The lowest BCUT2D eigenvalue weighted by Gasteiger charge is -2.34. The van der Waals surface area contributed by atoms with Crippen LogP contribution in [0.25, 0.3) is 11.5 Å². The van der Waals surface area contributed by atoms with Crippen molar-refractivity contribution >= 4 is 15.8 Å². The van der Waals surface area contributed by atoms with Gasteiger partial charge in [-0.1, -0.05) is 66.7 Å². The van der Waals surface area contributed by atoms with Crippen LogP contribution in [0, 0.1) is 0 Å². The Hall–Kier alpha value is -3.55. The molecular weight excluding hydrogens is 448 g/mol. The van der Waals surface area contributed by atoms with E-state index in [1.165, 1.54) is 4.31 Å². The Morgan fingerprint density at radius 3 is 2.09 bits per heavy atom. The molecule has 34 heavy (non-hydrogen) atoms. The predicted octanol–water partition coefficient (Wildman–Crippen LogP) is 4.33. The lowest BCUT2D eigenvalue weighted by Crippen LogP contribution is -2.50. The number of oxazole rings is 1. The summed E-state index contributed by atoms with van der Waals surface area (Å²) >= 11 is 0. The van der Waals surface area contributed by atoms with Gasteiger partial charge in [0.1, 0.15) is 19.5 Å². The van der Waals surface area contributed by atoms with Crippen molar-refractivity contribution in [3.8, 4) is 11.5 Å². The first-order valence-corrected chi connectivity index (χ1v) is 12.6. The number of benzene rings is 3.